The third-order valence-corrected chi connectivity index (χ3v) is 3.92. The van der Waals surface area contributed by atoms with Crippen LogP contribution in [0.1, 0.15) is 51.9 Å². The van der Waals surface area contributed by atoms with E-state index in [0.717, 1.165) is 12.0 Å². The number of ketones is 1. The maximum Gasteiger partial charge on any atom is 0.303 e. The van der Waals surface area contributed by atoms with Crippen molar-refractivity contribution in [2.45, 2.75) is 58.0 Å². The zero-order valence-electron chi connectivity index (χ0n) is 14.4. The molecule has 0 heterocycles. The van der Waals surface area contributed by atoms with Crippen LogP contribution < -0.4 is 0 Å². The van der Waals surface area contributed by atoms with Crippen molar-refractivity contribution < 1.29 is 19.8 Å². The highest BCUT2D eigenvalue weighted by molar-refractivity contribution is 5.89. The van der Waals surface area contributed by atoms with Gasteiger partial charge in [0.05, 0.1) is 6.10 Å². The number of aliphatic hydroxyl groups excluding tert-OH is 1. The Hall–Kier alpha value is -1.94. The summed E-state index contributed by atoms with van der Waals surface area (Å²) in [6, 6.07) is 0. The molecule has 0 aromatic heterocycles. The van der Waals surface area contributed by atoms with E-state index in [-0.39, 0.29) is 18.1 Å². The van der Waals surface area contributed by atoms with Gasteiger partial charge >= 0.3 is 5.97 Å². The molecular formula is C20H28O4. The van der Waals surface area contributed by atoms with Crippen LogP contribution in [-0.4, -0.2) is 28.1 Å². The number of carboxylic acid groups (broad SMARTS) is 1. The van der Waals surface area contributed by atoms with E-state index in [2.05, 4.69) is 0 Å². The minimum Gasteiger partial charge on any atom is -0.481 e. The molecule has 1 rings (SSSR count). The first-order chi connectivity index (χ1) is 11.5. The highest BCUT2D eigenvalue weighted by Gasteiger charge is 2.24. The van der Waals surface area contributed by atoms with Crippen LogP contribution in [0.25, 0.3) is 0 Å². The summed E-state index contributed by atoms with van der Waals surface area (Å²) in [5.41, 5.74) is 0.966. The number of hydrogen-bond donors (Lipinski definition) is 2. The molecule has 0 radical (unpaired) electrons. The lowest BCUT2D eigenvalue weighted by atomic mass is 9.95. The topological polar surface area (TPSA) is 74.6 Å². The SMILES string of the molecule is CC/C=C\C[C@H](O)/C=C/C1=CCC(=O)[C@@H]1C/C=C\CCCC(=O)O. The van der Waals surface area contributed by atoms with Gasteiger partial charge in [0, 0.05) is 18.8 Å². The molecule has 0 amide bonds. The average Bonchev–Trinajstić information content (AvgIpc) is 2.89. The fourth-order valence-electron chi connectivity index (χ4n) is 2.56. The molecule has 0 aliphatic heterocycles. The van der Waals surface area contributed by atoms with Gasteiger partial charge in [-0.15, -0.1) is 0 Å². The minimum absolute atomic E-state index is 0.143. The second-order valence-electron chi connectivity index (χ2n) is 5.96. The van der Waals surface area contributed by atoms with Gasteiger partial charge in [0.2, 0.25) is 0 Å². The van der Waals surface area contributed by atoms with E-state index in [9.17, 15) is 14.7 Å². The minimum atomic E-state index is -0.780. The van der Waals surface area contributed by atoms with Crippen molar-refractivity contribution in [3.8, 4) is 0 Å². The number of aliphatic carboxylic acids is 1. The predicted octanol–water partition coefficient (Wildman–Crippen LogP) is 3.98. The van der Waals surface area contributed by atoms with Crippen LogP contribution >= 0.6 is 0 Å². The number of hydrogen-bond acceptors (Lipinski definition) is 3. The van der Waals surface area contributed by atoms with Gasteiger partial charge in [-0.1, -0.05) is 49.5 Å². The fraction of sp³-hybridized carbons (Fsp3) is 0.500. The smallest absolute Gasteiger partial charge is 0.303 e. The van der Waals surface area contributed by atoms with Crippen LogP contribution in [0.15, 0.2) is 48.1 Å². The second-order valence-corrected chi connectivity index (χ2v) is 5.96. The zero-order valence-corrected chi connectivity index (χ0v) is 14.4. The number of rotatable bonds is 11. The predicted molar refractivity (Wildman–Crippen MR) is 95.6 cm³/mol. The lowest BCUT2D eigenvalue weighted by molar-refractivity contribution is -0.137. The normalized spacial score (nSPS) is 19.7. The number of carboxylic acids is 1. The van der Waals surface area contributed by atoms with E-state index in [1.54, 1.807) is 6.08 Å². The Morgan fingerprint density at radius 3 is 2.83 bits per heavy atom. The van der Waals surface area contributed by atoms with Crippen LogP contribution in [0.3, 0.4) is 0 Å². The molecule has 2 N–H and O–H groups in total. The summed E-state index contributed by atoms with van der Waals surface area (Å²) in [7, 11) is 0. The molecule has 0 unspecified atom stereocenters. The zero-order chi connectivity index (χ0) is 17.8. The lowest BCUT2D eigenvalue weighted by Crippen LogP contribution is -2.09. The first-order valence-electron chi connectivity index (χ1n) is 8.65. The maximum absolute atomic E-state index is 12.0. The van der Waals surface area contributed by atoms with Crippen LogP contribution in [0, 0.1) is 5.92 Å². The fourth-order valence-corrected chi connectivity index (χ4v) is 2.56. The van der Waals surface area contributed by atoms with Crippen molar-refractivity contribution in [3.05, 3.63) is 48.1 Å². The Morgan fingerprint density at radius 1 is 1.33 bits per heavy atom. The molecule has 4 nitrogen and oxygen atoms in total. The molecule has 0 saturated heterocycles. The number of aliphatic hydroxyl groups is 1. The average molecular weight is 332 g/mol. The molecule has 132 valence electrons. The van der Waals surface area contributed by atoms with E-state index >= 15 is 0 Å². The highest BCUT2D eigenvalue weighted by atomic mass is 16.4. The monoisotopic (exact) mass is 332 g/mol. The number of allylic oxidation sites excluding steroid dienone is 6. The Morgan fingerprint density at radius 2 is 2.12 bits per heavy atom. The van der Waals surface area contributed by atoms with E-state index < -0.39 is 12.1 Å². The van der Waals surface area contributed by atoms with E-state index in [0.29, 0.717) is 32.1 Å². The number of unbranched alkanes of at least 4 members (excludes halogenated alkanes) is 1. The van der Waals surface area contributed by atoms with Crippen LogP contribution in [0.2, 0.25) is 0 Å². The Bertz CT molecular complexity index is 526. The molecule has 0 aromatic rings. The van der Waals surface area contributed by atoms with Gasteiger partial charge in [0.1, 0.15) is 5.78 Å². The molecule has 24 heavy (non-hydrogen) atoms. The molecule has 1 aliphatic rings. The molecule has 0 aromatic carbocycles. The third kappa shape index (κ3) is 8.06. The Kier molecular flexibility index (Phi) is 9.70. The first-order valence-corrected chi connectivity index (χ1v) is 8.65. The summed E-state index contributed by atoms with van der Waals surface area (Å²) >= 11 is 0. The van der Waals surface area contributed by atoms with Crippen molar-refractivity contribution >= 4 is 11.8 Å². The van der Waals surface area contributed by atoms with E-state index in [1.165, 1.54) is 0 Å². The molecule has 0 fully saturated rings. The largest absolute Gasteiger partial charge is 0.481 e. The maximum atomic E-state index is 12.0. The molecule has 4 heteroatoms. The number of carbonyl (C=O) groups excluding carboxylic acids is 1. The van der Waals surface area contributed by atoms with Crippen molar-refractivity contribution in [1.29, 1.82) is 0 Å². The van der Waals surface area contributed by atoms with Crippen LogP contribution in [0.5, 0.6) is 0 Å². The number of carbonyl (C=O) groups is 2. The van der Waals surface area contributed by atoms with Gasteiger partial charge in [-0.3, -0.25) is 9.59 Å². The quantitative estimate of drug-likeness (QED) is 0.443. The van der Waals surface area contributed by atoms with Gasteiger partial charge in [-0.25, -0.2) is 0 Å². The summed E-state index contributed by atoms with van der Waals surface area (Å²) in [6.07, 6.45) is 17.0. The molecule has 0 saturated carbocycles. The van der Waals surface area contributed by atoms with E-state index in [1.807, 2.05) is 43.4 Å². The Balaban J connectivity index is 2.44. The molecule has 0 bridgehead atoms. The standard InChI is InChI=1S/C20H28O4/c1-2-3-6-9-17(21)14-12-16-13-15-19(22)18(16)10-7-4-5-8-11-20(23)24/h3-4,6-7,12-14,17-18,21H,2,5,8-11,15H2,1H3,(H,23,24)/b6-3-,7-4-,14-12+/t17-,18+/m0/s1. The summed E-state index contributed by atoms with van der Waals surface area (Å²) < 4.78 is 0. The van der Waals surface area contributed by atoms with Crippen LogP contribution in [0.4, 0.5) is 0 Å². The van der Waals surface area contributed by atoms with Gasteiger partial charge in [0.15, 0.2) is 0 Å². The van der Waals surface area contributed by atoms with Crippen LogP contribution in [-0.2, 0) is 9.59 Å². The second kappa shape index (κ2) is 11.6. The summed E-state index contributed by atoms with van der Waals surface area (Å²) in [5.74, 6) is -0.724. The van der Waals surface area contributed by atoms with Gasteiger partial charge in [0.25, 0.3) is 0 Å². The van der Waals surface area contributed by atoms with Crippen molar-refractivity contribution in [2.24, 2.45) is 5.92 Å². The molecule has 1 aliphatic carbocycles. The molecule has 0 spiro atoms. The van der Waals surface area contributed by atoms with E-state index in [4.69, 9.17) is 5.11 Å². The van der Waals surface area contributed by atoms with Gasteiger partial charge in [-0.05, 0) is 37.7 Å². The highest BCUT2D eigenvalue weighted by Crippen LogP contribution is 2.27. The van der Waals surface area contributed by atoms with Crippen molar-refractivity contribution in [1.82, 2.24) is 0 Å². The lowest BCUT2D eigenvalue weighted by Gasteiger charge is -2.09. The van der Waals surface area contributed by atoms with Crippen molar-refractivity contribution in [2.75, 3.05) is 0 Å². The molecule has 2 atom stereocenters. The van der Waals surface area contributed by atoms with Crippen molar-refractivity contribution in [3.63, 3.8) is 0 Å². The third-order valence-electron chi connectivity index (χ3n) is 3.92. The Labute approximate surface area is 144 Å². The molecular weight excluding hydrogens is 304 g/mol. The van der Waals surface area contributed by atoms with Gasteiger partial charge < -0.3 is 10.2 Å². The summed E-state index contributed by atoms with van der Waals surface area (Å²) in [5, 5.41) is 18.5. The van der Waals surface area contributed by atoms with Gasteiger partial charge in [-0.2, -0.15) is 0 Å². The summed E-state index contributed by atoms with van der Waals surface area (Å²) in [4.78, 5) is 22.4. The number of Topliss-reactive ketones (excluding diaryl/α,β-unsaturated/α-hetero) is 1. The first kappa shape index (κ1) is 20.1. The summed E-state index contributed by atoms with van der Waals surface area (Å²) in [6.45, 7) is 2.05.